The van der Waals surface area contributed by atoms with Crippen LogP contribution in [0.4, 0.5) is 11.4 Å². The van der Waals surface area contributed by atoms with Crippen molar-refractivity contribution < 1.29 is 21.3 Å². The first-order valence-corrected chi connectivity index (χ1v) is 15.2. The highest BCUT2D eigenvalue weighted by Crippen LogP contribution is 2.34. The van der Waals surface area contributed by atoms with Gasteiger partial charge >= 0.3 is 5.63 Å². The number of hydrogen-bond acceptors (Lipinski definition) is 7. The van der Waals surface area contributed by atoms with Gasteiger partial charge in [-0.2, -0.15) is 3.71 Å². The smallest absolute Gasteiger partial charge is 0.344 e. The van der Waals surface area contributed by atoms with Gasteiger partial charge in [0, 0.05) is 18.1 Å². The fourth-order valence-corrected chi connectivity index (χ4v) is 8.06. The molecule has 40 heavy (non-hydrogen) atoms. The number of nitrogens with zero attached hydrogens (tertiary/aromatic N) is 1. The summed E-state index contributed by atoms with van der Waals surface area (Å²) in [6, 6.07) is 24.7. The average molecular weight is 575 g/mol. The Morgan fingerprint density at radius 1 is 0.700 bits per heavy atom. The number of nitrogens with one attached hydrogen (secondary N) is 1. The zero-order chi connectivity index (χ0) is 28.7. The van der Waals surface area contributed by atoms with E-state index in [1.807, 2.05) is 19.1 Å². The maximum absolute atomic E-state index is 14.0. The molecule has 4 aromatic carbocycles. The minimum atomic E-state index is -4.62. The monoisotopic (exact) mass is 574 g/mol. The zero-order valence-electron chi connectivity index (χ0n) is 22.0. The summed E-state index contributed by atoms with van der Waals surface area (Å²) in [5.41, 5.74) is 2.77. The topological polar surface area (TPSA) is 114 Å². The highest BCUT2D eigenvalue weighted by atomic mass is 32.3. The third-order valence-electron chi connectivity index (χ3n) is 6.56. The van der Waals surface area contributed by atoms with Crippen molar-refractivity contribution in [1.29, 1.82) is 0 Å². The molecule has 5 aromatic rings. The molecule has 0 radical (unpaired) electrons. The van der Waals surface area contributed by atoms with Gasteiger partial charge in [0.05, 0.1) is 21.0 Å². The molecule has 0 unspecified atom stereocenters. The molecular formula is C30H26N2O6S2. The molecule has 0 fully saturated rings. The minimum absolute atomic E-state index is 0.129. The first-order chi connectivity index (χ1) is 19.0. The molecule has 8 nitrogen and oxygen atoms in total. The van der Waals surface area contributed by atoms with Crippen molar-refractivity contribution in [3.05, 3.63) is 119 Å². The van der Waals surface area contributed by atoms with Gasteiger partial charge in [0.25, 0.3) is 20.0 Å². The Morgan fingerprint density at radius 3 is 1.90 bits per heavy atom. The number of sulfonamides is 2. The third-order valence-corrected chi connectivity index (χ3v) is 10.8. The van der Waals surface area contributed by atoms with Gasteiger partial charge in [-0.15, -0.1) is 0 Å². The molecule has 5 rings (SSSR count). The molecule has 0 aliphatic carbocycles. The number of aryl methyl sites for hydroxylation is 2. The lowest BCUT2D eigenvalue weighted by Gasteiger charge is -2.24. The van der Waals surface area contributed by atoms with Crippen LogP contribution < -0.4 is 14.7 Å². The third kappa shape index (κ3) is 4.87. The molecule has 1 aromatic heterocycles. The molecule has 1 N–H and O–H groups in total. The number of fused-ring (bicyclic) bond motifs is 1. The summed E-state index contributed by atoms with van der Waals surface area (Å²) in [5.74, 6) is 0. The molecule has 10 heteroatoms. The van der Waals surface area contributed by atoms with Crippen molar-refractivity contribution in [2.75, 3.05) is 16.1 Å². The zero-order valence-corrected chi connectivity index (χ0v) is 23.6. The Morgan fingerprint density at radius 2 is 1.30 bits per heavy atom. The van der Waals surface area contributed by atoms with Gasteiger partial charge < -0.3 is 9.73 Å². The van der Waals surface area contributed by atoms with Crippen LogP contribution in [0.3, 0.4) is 0 Å². The molecule has 0 saturated heterocycles. The standard InChI is InChI=1S/C30H26N2O6S2/c1-20-8-13-25(14-9-20)39(34,35)32(40(36,37)26-15-10-23(31-3)11-16-26)24-12-17-29-22(18-24)19-28(30(33)38-29)27-7-5-4-6-21(27)2/h4-19,31H,1-3H3. The van der Waals surface area contributed by atoms with E-state index in [-0.39, 0.29) is 26.6 Å². The van der Waals surface area contributed by atoms with E-state index in [2.05, 4.69) is 5.32 Å². The van der Waals surface area contributed by atoms with E-state index in [4.69, 9.17) is 4.42 Å². The molecule has 204 valence electrons. The highest BCUT2D eigenvalue weighted by molar-refractivity contribution is 8.10. The van der Waals surface area contributed by atoms with Crippen LogP contribution >= 0.6 is 0 Å². The van der Waals surface area contributed by atoms with E-state index >= 15 is 0 Å². The normalized spacial score (nSPS) is 11.9. The fraction of sp³-hybridized carbons (Fsp3) is 0.100. The Bertz CT molecular complexity index is 2000. The first kappa shape index (κ1) is 27.2. The average Bonchev–Trinajstić information content (AvgIpc) is 2.93. The van der Waals surface area contributed by atoms with Crippen LogP contribution in [0.2, 0.25) is 0 Å². The van der Waals surface area contributed by atoms with Crippen LogP contribution in [0.5, 0.6) is 0 Å². The van der Waals surface area contributed by atoms with Gasteiger partial charge in [-0.1, -0.05) is 42.0 Å². The molecule has 0 atom stereocenters. The SMILES string of the molecule is CNc1ccc(S(=O)(=O)N(c2ccc3oc(=O)c(-c4ccccc4C)cc3c2)S(=O)(=O)c2ccc(C)cc2)cc1. The van der Waals surface area contributed by atoms with Gasteiger partial charge in [0.1, 0.15) is 5.58 Å². The van der Waals surface area contributed by atoms with Crippen LogP contribution in [0, 0.1) is 13.8 Å². The second-order valence-electron chi connectivity index (χ2n) is 9.28. The van der Waals surface area contributed by atoms with Crippen molar-refractivity contribution in [3.8, 4) is 11.1 Å². The molecule has 0 aliphatic heterocycles. The lowest BCUT2D eigenvalue weighted by Crippen LogP contribution is -2.37. The van der Waals surface area contributed by atoms with Crippen LogP contribution in [0.15, 0.2) is 116 Å². The van der Waals surface area contributed by atoms with Crippen LogP contribution in [-0.4, -0.2) is 23.9 Å². The summed E-state index contributed by atoms with van der Waals surface area (Å²) < 4.78 is 61.9. The van der Waals surface area contributed by atoms with E-state index in [0.717, 1.165) is 11.1 Å². The molecule has 0 aliphatic rings. The van der Waals surface area contributed by atoms with Gasteiger partial charge in [-0.25, -0.2) is 21.6 Å². The Hall–Kier alpha value is -4.41. The summed E-state index contributed by atoms with van der Waals surface area (Å²) >= 11 is 0. The second-order valence-corrected chi connectivity index (χ2v) is 13.1. The van der Waals surface area contributed by atoms with Gasteiger partial charge in [-0.3, -0.25) is 0 Å². The first-order valence-electron chi connectivity index (χ1n) is 12.3. The molecule has 0 spiro atoms. The van der Waals surface area contributed by atoms with Crippen molar-refractivity contribution in [3.63, 3.8) is 0 Å². The minimum Gasteiger partial charge on any atom is -0.422 e. The Balaban J connectivity index is 1.75. The summed E-state index contributed by atoms with van der Waals surface area (Å²) in [7, 11) is -7.53. The largest absolute Gasteiger partial charge is 0.422 e. The highest BCUT2D eigenvalue weighted by Gasteiger charge is 2.37. The summed E-state index contributed by atoms with van der Waals surface area (Å²) in [5, 5.41) is 3.27. The van der Waals surface area contributed by atoms with Crippen molar-refractivity contribution in [1.82, 2.24) is 0 Å². The summed E-state index contributed by atoms with van der Waals surface area (Å²) in [4.78, 5) is 12.4. The lowest BCUT2D eigenvalue weighted by molar-refractivity contribution is 0.563. The quantitative estimate of drug-likeness (QED) is 0.248. The lowest BCUT2D eigenvalue weighted by atomic mass is 10.0. The van der Waals surface area contributed by atoms with Gasteiger partial charge in [0.2, 0.25) is 0 Å². The predicted octanol–water partition coefficient (Wildman–Crippen LogP) is 5.70. The van der Waals surface area contributed by atoms with E-state index in [1.54, 1.807) is 56.4 Å². The van der Waals surface area contributed by atoms with Crippen LogP contribution in [0.1, 0.15) is 11.1 Å². The number of benzene rings is 4. The molecule has 0 bridgehead atoms. The van der Waals surface area contributed by atoms with Crippen molar-refractivity contribution in [2.45, 2.75) is 23.6 Å². The van der Waals surface area contributed by atoms with Crippen LogP contribution in [-0.2, 0) is 20.0 Å². The molecular weight excluding hydrogens is 548 g/mol. The number of rotatable bonds is 7. The Labute approximate surface area is 232 Å². The summed E-state index contributed by atoms with van der Waals surface area (Å²) in [6.45, 7) is 3.66. The number of anilines is 2. The Kier molecular flexibility index (Phi) is 6.99. The maximum atomic E-state index is 14.0. The van der Waals surface area contributed by atoms with E-state index < -0.39 is 25.7 Å². The van der Waals surface area contributed by atoms with Crippen molar-refractivity contribution >= 4 is 42.4 Å². The molecule has 1 heterocycles. The van der Waals surface area contributed by atoms with Crippen LogP contribution in [0.25, 0.3) is 22.1 Å². The predicted molar refractivity (Wildman–Crippen MR) is 157 cm³/mol. The number of hydrogen-bond donors (Lipinski definition) is 1. The van der Waals surface area contributed by atoms with E-state index in [0.29, 0.717) is 20.3 Å². The second kappa shape index (κ2) is 10.3. The molecule has 0 saturated carbocycles. The van der Waals surface area contributed by atoms with Crippen molar-refractivity contribution in [2.24, 2.45) is 0 Å². The van der Waals surface area contributed by atoms with E-state index in [1.165, 1.54) is 42.5 Å². The van der Waals surface area contributed by atoms with Gasteiger partial charge in [-0.05, 0) is 85.6 Å². The summed E-state index contributed by atoms with van der Waals surface area (Å²) in [6.07, 6.45) is 0. The van der Waals surface area contributed by atoms with Gasteiger partial charge in [0.15, 0.2) is 0 Å². The molecule has 0 amide bonds. The fourth-order valence-electron chi connectivity index (χ4n) is 4.39. The maximum Gasteiger partial charge on any atom is 0.344 e. The van der Waals surface area contributed by atoms with E-state index in [9.17, 15) is 21.6 Å².